The Hall–Kier alpha value is -2.25. The van der Waals surface area contributed by atoms with Gasteiger partial charge in [0.1, 0.15) is 0 Å². The molecule has 0 bridgehead atoms. The van der Waals surface area contributed by atoms with Crippen molar-refractivity contribution in [2.75, 3.05) is 5.32 Å². The van der Waals surface area contributed by atoms with Crippen LogP contribution in [0.4, 0.5) is 5.69 Å². The third-order valence-electron chi connectivity index (χ3n) is 4.01. The second-order valence-corrected chi connectivity index (χ2v) is 7.58. The van der Waals surface area contributed by atoms with Crippen LogP contribution < -0.4 is 9.88 Å². The molecule has 0 aliphatic rings. The van der Waals surface area contributed by atoms with E-state index in [2.05, 4.69) is 5.32 Å². The van der Waals surface area contributed by atoms with Crippen molar-refractivity contribution in [3.05, 3.63) is 81.3 Å². The topological polar surface area (TPSA) is 56.4 Å². The maximum absolute atomic E-state index is 10.9. The molecule has 27 heavy (non-hydrogen) atoms. The van der Waals surface area contributed by atoms with Gasteiger partial charge in [-0.3, -0.25) is 0 Å². The number of pyridine rings is 1. The number of thiocarbonyl (C=S) groups is 1. The number of thiophene rings is 1. The van der Waals surface area contributed by atoms with Crippen LogP contribution in [0.25, 0.3) is 11.5 Å². The van der Waals surface area contributed by atoms with E-state index in [1.165, 1.54) is 11.3 Å². The lowest BCUT2D eigenvalue weighted by molar-refractivity contribution is -0.576. The number of halogens is 1. The molecule has 0 saturated heterocycles. The second-order valence-electron chi connectivity index (χ2n) is 5.82. The summed E-state index contributed by atoms with van der Waals surface area (Å²) in [5, 5.41) is 26.1. The molecule has 0 radical (unpaired) electrons. The van der Waals surface area contributed by atoms with Crippen molar-refractivity contribution >= 4 is 57.3 Å². The molecule has 0 saturated carbocycles. The zero-order valence-corrected chi connectivity index (χ0v) is 16.9. The van der Waals surface area contributed by atoms with Crippen LogP contribution in [0.2, 0.25) is 5.02 Å². The van der Waals surface area contributed by atoms with Crippen LogP contribution >= 0.6 is 35.2 Å². The molecule has 0 aliphatic heterocycles. The van der Waals surface area contributed by atoms with Gasteiger partial charge in [0.2, 0.25) is 5.76 Å². The Kier molecular flexibility index (Phi) is 6.23. The van der Waals surface area contributed by atoms with Crippen molar-refractivity contribution in [3.8, 4) is 0 Å². The number of anilines is 1. The molecular formula is C20H18ClN2O2S2+. The van der Waals surface area contributed by atoms with Gasteiger partial charge in [-0.2, -0.15) is 4.57 Å². The Labute approximate surface area is 172 Å². The molecule has 7 heteroatoms. The highest BCUT2D eigenvalue weighted by Gasteiger charge is 2.25. The predicted molar refractivity (Wildman–Crippen MR) is 115 cm³/mol. The molecule has 0 fully saturated rings. The fourth-order valence-electron chi connectivity index (χ4n) is 2.56. The molecule has 1 aromatic carbocycles. The van der Waals surface area contributed by atoms with Crippen LogP contribution in [0.5, 0.6) is 0 Å². The molecule has 3 aromatic rings. The summed E-state index contributed by atoms with van der Waals surface area (Å²) in [6.45, 7) is 1.79. The smallest absolute Gasteiger partial charge is 0.289 e. The number of hydrogen-bond donors (Lipinski definition) is 3. The highest BCUT2D eigenvalue weighted by Crippen LogP contribution is 2.26. The number of hydrogen-bond acceptors (Lipinski definition) is 4. The first-order valence-electron chi connectivity index (χ1n) is 8.16. The summed E-state index contributed by atoms with van der Waals surface area (Å²) in [5.74, 6) is 0.0577. The molecule has 0 spiro atoms. The van der Waals surface area contributed by atoms with E-state index in [0.29, 0.717) is 26.1 Å². The fraction of sp³-hybridized carbons (Fsp3) is 0.100. The third-order valence-corrected chi connectivity index (χ3v) is 5.59. The van der Waals surface area contributed by atoms with Crippen LogP contribution in [-0.2, 0) is 6.61 Å². The van der Waals surface area contributed by atoms with E-state index in [0.717, 1.165) is 11.3 Å². The van der Waals surface area contributed by atoms with Crippen LogP contribution in [0.3, 0.4) is 0 Å². The van der Waals surface area contributed by atoms with Gasteiger partial charge in [-0.05, 0) is 42.1 Å². The molecule has 0 aliphatic carbocycles. The van der Waals surface area contributed by atoms with Crippen LogP contribution in [0.15, 0.2) is 60.2 Å². The van der Waals surface area contributed by atoms with Gasteiger partial charge in [0, 0.05) is 22.3 Å². The summed E-state index contributed by atoms with van der Waals surface area (Å²) >= 11 is 13.2. The van der Waals surface area contributed by atoms with Gasteiger partial charge in [-0.1, -0.05) is 36.0 Å². The van der Waals surface area contributed by atoms with Crippen molar-refractivity contribution < 1.29 is 14.8 Å². The van der Waals surface area contributed by atoms with E-state index in [4.69, 9.17) is 23.8 Å². The number of rotatable bonds is 5. The zero-order valence-electron chi connectivity index (χ0n) is 14.5. The lowest BCUT2D eigenvalue weighted by Crippen LogP contribution is -2.39. The minimum Gasteiger partial charge on any atom is -0.501 e. The second kappa shape index (κ2) is 8.63. The number of aliphatic hydroxyl groups excluding tert-OH is 2. The van der Waals surface area contributed by atoms with Crippen molar-refractivity contribution in [2.24, 2.45) is 0 Å². The average molecular weight is 418 g/mol. The maximum atomic E-state index is 10.9. The maximum Gasteiger partial charge on any atom is 0.289 e. The molecule has 138 valence electrons. The zero-order chi connectivity index (χ0) is 19.4. The molecule has 3 N–H and O–H groups in total. The Morgan fingerprint density at radius 1 is 1.22 bits per heavy atom. The quantitative estimate of drug-likeness (QED) is 0.241. The van der Waals surface area contributed by atoms with Crippen LogP contribution in [0.1, 0.15) is 16.0 Å². The summed E-state index contributed by atoms with van der Waals surface area (Å²) in [5.41, 5.74) is 2.76. The first kappa shape index (κ1) is 19.5. The molecule has 0 atom stereocenters. The van der Waals surface area contributed by atoms with Gasteiger partial charge in [-0.25, -0.2) is 0 Å². The van der Waals surface area contributed by atoms with Gasteiger partial charge in [-0.15, -0.1) is 11.3 Å². The van der Waals surface area contributed by atoms with Crippen LogP contribution in [0, 0.1) is 6.92 Å². The lowest BCUT2D eigenvalue weighted by Gasteiger charge is -2.12. The van der Waals surface area contributed by atoms with Gasteiger partial charge < -0.3 is 15.5 Å². The molecule has 2 aromatic heterocycles. The van der Waals surface area contributed by atoms with Crippen molar-refractivity contribution in [1.29, 1.82) is 0 Å². The van der Waals surface area contributed by atoms with Gasteiger partial charge >= 0.3 is 0 Å². The Morgan fingerprint density at radius 2 is 2.04 bits per heavy atom. The Bertz CT molecular complexity index is 1000. The number of benzene rings is 1. The van der Waals surface area contributed by atoms with E-state index in [1.807, 2.05) is 42.6 Å². The van der Waals surface area contributed by atoms with E-state index in [9.17, 15) is 10.2 Å². The normalized spacial score (nSPS) is 11.8. The van der Waals surface area contributed by atoms with Gasteiger partial charge in [0.15, 0.2) is 17.4 Å². The Morgan fingerprint density at radius 3 is 2.74 bits per heavy atom. The molecule has 3 rings (SSSR count). The van der Waals surface area contributed by atoms with Crippen molar-refractivity contribution in [1.82, 2.24) is 0 Å². The summed E-state index contributed by atoms with van der Waals surface area (Å²) in [6, 6.07) is 12.8. The predicted octanol–water partition coefficient (Wildman–Crippen LogP) is 4.81. The van der Waals surface area contributed by atoms with E-state index in [1.54, 1.807) is 29.1 Å². The number of aromatic nitrogens is 1. The number of aliphatic hydroxyl groups is 2. The first-order chi connectivity index (χ1) is 13.0. The summed E-state index contributed by atoms with van der Waals surface area (Å²) in [4.78, 5) is 1.03. The molecule has 0 amide bonds. The SMILES string of the molecule is Cc1c(Cl)cccc1NC(=S)/C(=C(\O)c1cccs1)[n+]1cccc(CO)c1. The molecule has 0 unspecified atom stereocenters. The van der Waals surface area contributed by atoms with Gasteiger partial charge in [0.05, 0.1) is 11.5 Å². The molecule has 2 heterocycles. The van der Waals surface area contributed by atoms with E-state index >= 15 is 0 Å². The van der Waals surface area contributed by atoms with Crippen LogP contribution in [-0.4, -0.2) is 15.2 Å². The highest BCUT2D eigenvalue weighted by atomic mass is 35.5. The van der Waals surface area contributed by atoms with E-state index < -0.39 is 0 Å². The summed E-state index contributed by atoms with van der Waals surface area (Å²) in [6.07, 6.45) is 3.51. The monoisotopic (exact) mass is 417 g/mol. The highest BCUT2D eigenvalue weighted by molar-refractivity contribution is 7.81. The third kappa shape index (κ3) is 4.36. The van der Waals surface area contributed by atoms with Gasteiger partial charge in [0.25, 0.3) is 5.70 Å². The minimum absolute atomic E-state index is 0.0577. The van der Waals surface area contributed by atoms with Crippen molar-refractivity contribution in [2.45, 2.75) is 13.5 Å². The molecule has 4 nitrogen and oxygen atoms in total. The molecular weight excluding hydrogens is 400 g/mol. The van der Waals surface area contributed by atoms with E-state index in [-0.39, 0.29) is 12.4 Å². The standard InChI is InChI=1S/C20H17ClN2O2S2/c1-13-15(21)6-2-7-16(13)22-20(26)18(19(25)17-8-4-10-27-17)23-9-3-5-14(11-23)12-24/h2-11,24H,12H2,1H3,(H-,22,25,26)/p+1. The minimum atomic E-state index is -0.110. The first-order valence-corrected chi connectivity index (χ1v) is 9.83. The summed E-state index contributed by atoms with van der Waals surface area (Å²) in [7, 11) is 0. The van der Waals surface area contributed by atoms with Crippen molar-refractivity contribution in [3.63, 3.8) is 0 Å². The largest absolute Gasteiger partial charge is 0.501 e. The lowest BCUT2D eigenvalue weighted by atomic mass is 10.2. The Balaban J connectivity index is 2.08. The number of nitrogens with one attached hydrogen (secondary N) is 1. The summed E-state index contributed by atoms with van der Waals surface area (Å²) < 4.78 is 1.70. The fourth-order valence-corrected chi connectivity index (χ4v) is 3.71. The average Bonchev–Trinajstić information content (AvgIpc) is 3.20. The number of nitrogens with zero attached hydrogens (tertiary/aromatic N) is 1.